The van der Waals surface area contributed by atoms with Gasteiger partial charge in [0.1, 0.15) is 6.10 Å². The lowest BCUT2D eigenvalue weighted by Crippen LogP contribution is -2.47. The lowest BCUT2D eigenvalue weighted by molar-refractivity contribution is -0.143. The van der Waals surface area contributed by atoms with E-state index in [0.29, 0.717) is 11.9 Å². The van der Waals surface area contributed by atoms with E-state index in [1.807, 2.05) is 6.07 Å². The van der Waals surface area contributed by atoms with E-state index < -0.39 is 0 Å². The first-order valence-electron chi connectivity index (χ1n) is 7.82. The number of rotatable bonds is 4. The molecule has 2 aliphatic rings. The molecule has 2 aliphatic heterocycles. The Bertz CT molecular complexity index is 537. The van der Waals surface area contributed by atoms with Crippen molar-refractivity contribution in [1.82, 2.24) is 15.2 Å². The minimum absolute atomic E-state index is 0.00849. The molecule has 1 aromatic heterocycles. The Labute approximate surface area is 130 Å². The molecule has 2 saturated heterocycles. The molecule has 2 fully saturated rings. The molecule has 120 valence electrons. The predicted molar refractivity (Wildman–Crippen MR) is 81.6 cm³/mol. The molecule has 0 bridgehead atoms. The van der Waals surface area contributed by atoms with E-state index in [9.17, 15) is 4.79 Å². The number of likely N-dealkylation sites (N-methyl/N-ethyl adjacent to an activating group) is 1. The van der Waals surface area contributed by atoms with Crippen LogP contribution in [0, 0.1) is 0 Å². The van der Waals surface area contributed by atoms with E-state index in [1.54, 1.807) is 20.4 Å². The average molecular weight is 305 g/mol. The normalized spacial score (nSPS) is 28.2. The van der Waals surface area contributed by atoms with Crippen molar-refractivity contribution in [1.29, 1.82) is 0 Å². The van der Waals surface area contributed by atoms with E-state index in [0.717, 1.165) is 37.9 Å². The fraction of sp³-hybridized carbons (Fsp3) is 0.625. The fourth-order valence-electron chi connectivity index (χ4n) is 3.51. The lowest BCUT2D eigenvalue weighted by Gasteiger charge is -2.35. The van der Waals surface area contributed by atoms with Crippen molar-refractivity contribution in [2.45, 2.75) is 44.1 Å². The van der Waals surface area contributed by atoms with Crippen LogP contribution in [0.1, 0.15) is 24.8 Å². The van der Waals surface area contributed by atoms with Crippen molar-refractivity contribution in [3.05, 3.63) is 23.9 Å². The number of nitrogens with zero attached hydrogens (tertiary/aromatic N) is 2. The zero-order valence-corrected chi connectivity index (χ0v) is 13.1. The Hall–Kier alpha value is -1.66. The van der Waals surface area contributed by atoms with Crippen LogP contribution in [-0.2, 0) is 16.1 Å². The molecule has 1 amide bonds. The SMILES string of the molecule is CNC(=O)[C@@H]1CC[C@H]2[C@H](CCN2Cc2cccnc2OC)O1. The fourth-order valence-corrected chi connectivity index (χ4v) is 3.51. The van der Waals surface area contributed by atoms with Crippen LogP contribution >= 0.6 is 0 Å². The number of pyridine rings is 1. The number of hydrogen-bond acceptors (Lipinski definition) is 5. The number of amides is 1. The van der Waals surface area contributed by atoms with Crippen molar-refractivity contribution in [3.63, 3.8) is 0 Å². The number of likely N-dealkylation sites (tertiary alicyclic amines) is 1. The Morgan fingerprint density at radius 1 is 1.50 bits per heavy atom. The van der Waals surface area contributed by atoms with Crippen LogP contribution in [-0.4, -0.2) is 54.7 Å². The van der Waals surface area contributed by atoms with Gasteiger partial charge in [-0.15, -0.1) is 0 Å². The summed E-state index contributed by atoms with van der Waals surface area (Å²) in [5, 5.41) is 2.68. The molecule has 1 aromatic rings. The average Bonchev–Trinajstić information content (AvgIpc) is 2.97. The standard InChI is InChI=1S/C16H23N3O3/c1-17-15(20)14-6-5-12-13(22-14)7-9-19(12)10-11-4-3-8-18-16(11)21-2/h3-4,8,12-14H,5-7,9-10H2,1-2H3,(H,17,20)/t12-,13-,14-/m0/s1. The highest BCUT2D eigenvalue weighted by atomic mass is 16.5. The number of aromatic nitrogens is 1. The molecular formula is C16H23N3O3. The summed E-state index contributed by atoms with van der Waals surface area (Å²) in [6.07, 6.45) is 4.35. The third kappa shape index (κ3) is 2.94. The lowest BCUT2D eigenvalue weighted by atomic mass is 9.98. The van der Waals surface area contributed by atoms with Crippen molar-refractivity contribution in [2.75, 3.05) is 20.7 Å². The van der Waals surface area contributed by atoms with Gasteiger partial charge in [-0.3, -0.25) is 9.69 Å². The molecule has 3 rings (SSSR count). The van der Waals surface area contributed by atoms with Gasteiger partial charge in [0.15, 0.2) is 0 Å². The van der Waals surface area contributed by atoms with E-state index >= 15 is 0 Å². The van der Waals surface area contributed by atoms with E-state index in [-0.39, 0.29) is 18.1 Å². The van der Waals surface area contributed by atoms with E-state index in [1.165, 1.54) is 0 Å². The van der Waals surface area contributed by atoms with Gasteiger partial charge in [0.25, 0.3) is 0 Å². The van der Waals surface area contributed by atoms with Gasteiger partial charge in [0, 0.05) is 37.9 Å². The van der Waals surface area contributed by atoms with Crippen LogP contribution < -0.4 is 10.1 Å². The maximum atomic E-state index is 11.7. The van der Waals surface area contributed by atoms with Gasteiger partial charge in [0.05, 0.1) is 13.2 Å². The number of hydrogen-bond donors (Lipinski definition) is 1. The molecule has 6 heteroatoms. The summed E-state index contributed by atoms with van der Waals surface area (Å²) in [5.74, 6) is 0.678. The molecule has 0 unspecified atom stereocenters. The second-order valence-electron chi connectivity index (χ2n) is 5.85. The van der Waals surface area contributed by atoms with Gasteiger partial charge in [-0.2, -0.15) is 0 Å². The van der Waals surface area contributed by atoms with Gasteiger partial charge < -0.3 is 14.8 Å². The van der Waals surface area contributed by atoms with Crippen molar-refractivity contribution in [3.8, 4) is 5.88 Å². The first kappa shape index (κ1) is 15.2. The van der Waals surface area contributed by atoms with Gasteiger partial charge in [-0.05, 0) is 25.3 Å². The quantitative estimate of drug-likeness (QED) is 0.897. The Balaban J connectivity index is 1.65. The van der Waals surface area contributed by atoms with Crippen molar-refractivity contribution >= 4 is 5.91 Å². The summed E-state index contributed by atoms with van der Waals surface area (Å²) >= 11 is 0. The molecule has 3 heterocycles. The molecule has 0 aromatic carbocycles. The third-order valence-corrected chi connectivity index (χ3v) is 4.62. The number of carbonyl (C=O) groups is 1. The van der Waals surface area contributed by atoms with Crippen LogP contribution in [0.4, 0.5) is 0 Å². The highest BCUT2D eigenvalue weighted by Gasteiger charge is 2.41. The van der Waals surface area contributed by atoms with Gasteiger partial charge >= 0.3 is 0 Å². The van der Waals surface area contributed by atoms with Gasteiger partial charge in [0.2, 0.25) is 11.8 Å². The van der Waals surface area contributed by atoms with Crippen LogP contribution in [0.5, 0.6) is 5.88 Å². The minimum Gasteiger partial charge on any atom is -0.481 e. The smallest absolute Gasteiger partial charge is 0.248 e. The maximum absolute atomic E-state index is 11.7. The summed E-state index contributed by atoms with van der Waals surface area (Å²) < 4.78 is 11.3. The summed E-state index contributed by atoms with van der Waals surface area (Å²) in [5.41, 5.74) is 1.10. The molecule has 0 aliphatic carbocycles. The topological polar surface area (TPSA) is 63.7 Å². The number of fused-ring (bicyclic) bond motifs is 1. The Morgan fingerprint density at radius 3 is 3.14 bits per heavy atom. The minimum atomic E-state index is -0.292. The molecule has 6 nitrogen and oxygen atoms in total. The highest BCUT2D eigenvalue weighted by Crippen LogP contribution is 2.33. The molecule has 0 saturated carbocycles. The van der Waals surface area contributed by atoms with Crippen molar-refractivity contribution in [2.24, 2.45) is 0 Å². The van der Waals surface area contributed by atoms with Gasteiger partial charge in [-0.25, -0.2) is 4.98 Å². The Kier molecular flexibility index (Phi) is 4.59. The molecule has 3 atom stereocenters. The van der Waals surface area contributed by atoms with Crippen LogP contribution in [0.25, 0.3) is 0 Å². The molecule has 0 radical (unpaired) electrons. The molecule has 22 heavy (non-hydrogen) atoms. The predicted octanol–water partition coefficient (Wildman–Crippen LogP) is 0.958. The molecular weight excluding hydrogens is 282 g/mol. The summed E-state index contributed by atoms with van der Waals surface area (Å²) in [6, 6.07) is 4.37. The number of methoxy groups -OCH3 is 1. The number of carbonyl (C=O) groups excluding carboxylic acids is 1. The van der Waals surface area contributed by atoms with E-state index in [4.69, 9.17) is 9.47 Å². The number of ether oxygens (including phenoxy) is 2. The summed E-state index contributed by atoms with van der Waals surface area (Å²) in [7, 11) is 3.31. The molecule has 0 spiro atoms. The third-order valence-electron chi connectivity index (χ3n) is 4.62. The summed E-state index contributed by atoms with van der Waals surface area (Å²) in [4.78, 5) is 18.4. The van der Waals surface area contributed by atoms with Crippen LogP contribution in [0.3, 0.4) is 0 Å². The van der Waals surface area contributed by atoms with Crippen LogP contribution in [0.2, 0.25) is 0 Å². The first-order chi connectivity index (χ1) is 10.7. The van der Waals surface area contributed by atoms with Gasteiger partial charge in [-0.1, -0.05) is 6.07 Å². The zero-order valence-electron chi connectivity index (χ0n) is 13.1. The van der Waals surface area contributed by atoms with Crippen LogP contribution in [0.15, 0.2) is 18.3 Å². The summed E-state index contributed by atoms with van der Waals surface area (Å²) in [6.45, 7) is 1.79. The Morgan fingerprint density at radius 2 is 2.36 bits per heavy atom. The van der Waals surface area contributed by atoms with Crippen molar-refractivity contribution < 1.29 is 14.3 Å². The monoisotopic (exact) mass is 305 g/mol. The zero-order chi connectivity index (χ0) is 15.5. The largest absolute Gasteiger partial charge is 0.481 e. The molecule has 1 N–H and O–H groups in total. The second kappa shape index (κ2) is 6.62. The maximum Gasteiger partial charge on any atom is 0.248 e. The first-order valence-corrected chi connectivity index (χ1v) is 7.82. The number of nitrogens with one attached hydrogen (secondary N) is 1. The highest BCUT2D eigenvalue weighted by molar-refractivity contribution is 5.80. The second-order valence-corrected chi connectivity index (χ2v) is 5.85. The van der Waals surface area contributed by atoms with E-state index in [2.05, 4.69) is 21.3 Å².